The zero-order valence-electron chi connectivity index (χ0n) is 68.8. The minimum Gasteiger partial charge on any atom is -0.463 e. The largest absolute Gasteiger partial charge is 0.463 e. The maximum Gasteiger partial charge on any atom is 0.303 e. The van der Waals surface area contributed by atoms with E-state index in [0.29, 0.717) is 12.8 Å². The number of Topliss-reactive ketones (excluding diaryl/α,β-unsaturated/α-hetero) is 2. The molecule has 4 unspecified atom stereocenters. The number of nitrogens with two attached hydrogens (primary N) is 1. The Balaban J connectivity index is 1.34. The van der Waals surface area contributed by atoms with E-state index in [1.54, 1.807) is 0 Å². The Hall–Kier alpha value is -5.95. The Morgan fingerprint density at radius 1 is 0.387 bits per heavy atom. The molecule has 0 radical (unpaired) electrons. The van der Waals surface area contributed by atoms with Gasteiger partial charge in [-0.15, -0.1) is 0 Å². The van der Waals surface area contributed by atoms with Crippen LogP contribution in [0.2, 0.25) is 0 Å². The lowest BCUT2D eigenvalue weighted by molar-refractivity contribution is -0.269. The number of amides is 6. The van der Waals surface area contributed by atoms with E-state index in [-0.39, 0.29) is 271 Å². The number of nitrogens with one attached hydrogen (secondary N) is 6. The molecule has 0 saturated carbocycles. The second-order valence-electron chi connectivity index (χ2n) is 30.0. The van der Waals surface area contributed by atoms with E-state index in [1.165, 1.54) is 34.6 Å². The fraction of sp³-hybridized carbons (Fsp3) is 0.859. The van der Waals surface area contributed by atoms with Crippen LogP contribution in [0.25, 0.3) is 0 Å². The summed E-state index contributed by atoms with van der Waals surface area (Å²) in [4.78, 5) is 141. The van der Waals surface area contributed by atoms with E-state index in [0.717, 1.165) is 6.42 Å². The molecule has 0 aliphatic carbocycles. The Morgan fingerprint density at radius 2 is 0.820 bits per heavy atom. The number of carbonyl (C=O) groups is 11. The average molecular weight is 1590 g/mol. The van der Waals surface area contributed by atoms with Crippen LogP contribution >= 0.6 is 0 Å². The van der Waals surface area contributed by atoms with Crippen molar-refractivity contribution in [1.29, 1.82) is 0 Å². The van der Waals surface area contributed by atoms with Gasteiger partial charge in [0.25, 0.3) is 0 Å². The van der Waals surface area contributed by atoms with Crippen LogP contribution < -0.4 is 37.6 Å². The van der Waals surface area contributed by atoms with Crippen LogP contribution in [0.4, 0.5) is 0 Å². The molecule has 4 aliphatic rings. The Kier molecular flexibility index (Phi) is 46.1. The lowest BCUT2D eigenvalue weighted by Gasteiger charge is -2.44. The summed E-state index contributed by atoms with van der Waals surface area (Å²) in [5, 5.41) is 16.8. The number of ketones is 2. The van der Waals surface area contributed by atoms with Gasteiger partial charge in [0, 0.05) is 111 Å². The standard InChI is InChI=1S/C78H135N7O26/c1-17-64-47(5)49(7)70(82-54(12)86)77(108-64)103-42-38-99-33-29-80-68(93)28-26-61(63(92)22-20-32-98-36-41-104-78-71(83-55(13)87)50(8)48(6)67(111-78)44-106-57(15)89)84-69(94)27-24-60(79)73(95)85-62(74(96)81-30-34-100-37-40-101-75-52(10)45(3)46(4)66(110-75)43-105-56(14)88)25-23-59(91)21-19-31-97-35-39-102-76-53(11)51(9)72(107-58(16)90)65(18-2)109-76/h45-53,60-62,64-67,70-72,75-78H,17-44,79H2,1-16H3,(H,80,93)(H,81,96)(H,82,86)(H,83,87)(H,84,94)(H,85,95)/t45-,46+,47+,48+,49-,50-,51+,52+,53+,60-,61-,62-,64+,65+,66+,67+,70+,71+,72+,75?,76?,77?,78?/m0/s1. The number of esters is 3. The molecule has 23 atom stereocenters. The van der Waals surface area contributed by atoms with Gasteiger partial charge in [0.1, 0.15) is 31.1 Å². The summed E-state index contributed by atoms with van der Waals surface area (Å²) in [6.45, 7) is 31.1. The molecular weight excluding hydrogens is 1450 g/mol. The Morgan fingerprint density at radius 3 is 1.32 bits per heavy atom. The van der Waals surface area contributed by atoms with E-state index < -0.39 is 96.8 Å². The van der Waals surface area contributed by atoms with Crippen molar-refractivity contribution in [2.45, 2.75) is 274 Å². The molecule has 0 aromatic carbocycles. The van der Waals surface area contributed by atoms with Crippen molar-refractivity contribution in [1.82, 2.24) is 31.9 Å². The molecular formula is C78H135N7O26. The van der Waals surface area contributed by atoms with Gasteiger partial charge in [0.05, 0.1) is 115 Å². The zero-order valence-corrected chi connectivity index (χ0v) is 68.8. The van der Waals surface area contributed by atoms with E-state index in [1.807, 2.05) is 55.4 Å². The molecule has 33 nitrogen and oxygen atoms in total. The van der Waals surface area contributed by atoms with Crippen molar-refractivity contribution in [3.63, 3.8) is 0 Å². The summed E-state index contributed by atoms with van der Waals surface area (Å²) in [7, 11) is 0. The van der Waals surface area contributed by atoms with Gasteiger partial charge in [-0.25, -0.2) is 0 Å². The van der Waals surface area contributed by atoms with Gasteiger partial charge in [-0.3, -0.25) is 52.7 Å². The zero-order chi connectivity index (χ0) is 82.3. The Labute approximate surface area is 656 Å². The molecule has 111 heavy (non-hydrogen) atoms. The van der Waals surface area contributed by atoms with Gasteiger partial charge >= 0.3 is 17.9 Å². The lowest BCUT2D eigenvalue weighted by Crippen LogP contribution is -2.58. The molecule has 6 amide bonds. The summed E-state index contributed by atoms with van der Waals surface area (Å²) in [6, 6.07) is -4.56. The molecule has 0 aromatic rings. The van der Waals surface area contributed by atoms with E-state index in [9.17, 15) is 52.7 Å². The third-order valence-electron chi connectivity index (χ3n) is 21.7. The summed E-state index contributed by atoms with van der Waals surface area (Å²) >= 11 is 0. The number of ether oxygens (including phenoxy) is 15. The molecule has 0 spiro atoms. The molecule has 33 heteroatoms. The second kappa shape index (κ2) is 52.5. The van der Waals surface area contributed by atoms with Gasteiger partial charge in [-0.05, 0) is 80.5 Å². The predicted octanol–water partition coefficient (Wildman–Crippen LogP) is 4.20. The first-order chi connectivity index (χ1) is 52.8. The lowest BCUT2D eigenvalue weighted by atomic mass is 9.79. The van der Waals surface area contributed by atoms with Crippen LogP contribution in [-0.2, 0) is 124 Å². The third-order valence-corrected chi connectivity index (χ3v) is 21.7. The molecule has 4 fully saturated rings. The maximum atomic E-state index is 14.0. The fourth-order valence-electron chi connectivity index (χ4n) is 14.0. The highest BCUT2D eigenvalue weighted by Gasteiger charge is 2.46. The van der Waals surface area contributed by atoms with Crippen LogP contribution in [0.1, 0.15) is 188 Å². The minimum atomic E-state index is -1.33. The molecule has 4 heterocycles. The summed E-state index contributed by atoms with van der Waals surface area (Å²) in [5.41, 5.74) is 6.41. The SMILES string of the molecule is CC[C@H]1OC(OCCOCCNC(=O)CC[C@H](NC(=O)CC[C@H](N)C(=O)N[C@@H](CCC(=O)CCCOCCOC2O[C@H](CC)[C@H](OC(C)=O)[C@H](C)[C@H]2C)C(=O)NCCOCCOC2O[C@H](COC(C)=O)[C@H](C)[C@H](C)[C@H]2C)C(=O)CCCOCCOC2O[C@H](COC(C)=O)[C@H](C)[C@H](C)[C@H]2NC(C)=O)[C@H](NC(C)=O)[C@@H](C)[C@H]1C. The van der Waals surface area contributed by atoms with Crippen molar-refractivity contribution >= 4 is 64.9 Å². The first kappa shape index (κ1) is 97.4. The van der Waals surface area contributed by atoms with Gasteiger partial charge in [0.15, 0.2) is 30.9 Å². The highest BCUT2D eigenvalue weighted by atomic mass is 16.7. The topological polar surface area (TPSA) is 424 Å². The van der Waals surface area contributed by atoms with Crippen LogP contribution in [0.15, 0.2) is 0 Å². The van der Waals surface area contributed by atoms with Gasteiger partial charge in [0.2, 0.25) is 35.4 Å². The van der Waals surface area contributed by atoms with E-state index in [4.69, 9.17) is 76.8 Å². The number of hydrogen-bond acceptors (Lipinski definition) is 27. The van der Waals surface area contributed by atoms with E-state index in [2.05, 4.69) is 52.7 Å². The van der Waals surface area contributed by atoms with Crippen LogP contribution in [0.3, 0.4) is 0 Å². The second-order valence-corrected chi connectivity index (χ2v) is 30.0. The molecule has 0 bridgehead atoms. The van der Waals surface area contributed by atoms with Crippen molar-refractivity contribution in [3.8, 4) is 0 Å². The number of carbonyl (C=O) groups excluding carboxylic acids is 11. The quantitative estimate of drug-likeness (QED) is 0.0255. The first-order valence-electron chi connectivity index (χ1n) is 40.1. The monoisotopic (exact) mass is 1590 g/mol. The molecule has 4 aliphatic heterocycles. The molecule has 0 aromatic heterocycles. The van der Waals surface area contributed by atoms with Crippen molar-refractivity contribution in [2.75, 3.05) is 106 Å². The minimum absolute atomic E-state index is 0.00609. The highest BCUT2D eigenvalue weighted by Crippen LogP contribution is 2.38. The third kappa shape index (κ3) is 35.4. The summed E-state index contributed by atoms with van der Waals surface area (Å²) < 4.78 is 88.1. The smallest absolute Gasteiger partial charge is 0.303 e. The maximum absolute atomic E-state index is 14.0. The summed E-state index contributed by atoms with van der Waals surface area (Å²) in [6.07, 6.45) is -3.19. The average Bonchev–Trinajstić information content (AvgIpc) is 0.816. The van der Waals surface area contributed by atoms with Gasteiger partial charge in [-0.2, -0.15) is 0 Å². The van der Waals surface area contributed by atoms with Crippen molar-refractivity contribution in [3.05, 3.63) is 0 Å². The van der Waals surface area contributed by atoms with Crippen molar-refractivity contribution < 1.29 is 124 Å². The van der Waals surface area contributed by atoms with Gasteiger partial charge < -0.3 is 109 Å². The van der Waals surface area contributed by atoms with Crippen molar-refractivity contribution in [2.24, 2.45) is 59.0 Å². The van der Waals surface area contributed by atoms with E-state index >= 15 is 0 Å². The molecule has 4 rings (SSSR count). The van der Waals surface area contributed by atoms with Gasteiger partial charge in [-0.1, -0.05) is 76.2 Å². The highest BCUT2D eigenvalue weighted by molar-refractivity contribution is 5.92. The molecule has 638 valence electrons. The molecule has 4 saturated heterocycles. The predicted molar refractivity (Wildman–Crippen MR) is 403 cm³/mol. The van der Waals surface area contributed by atoms with Crippen LogP contribution in [0.5, 0.6) is 0 Å². The summed E-state index contributed by atoms with van der Waals surface area (Å²) in [5.74, 6) is -4.36. The number of rotatable bonds is 53. The normalized spacial score (nSPS) is 28.8. The number of hydrogen-bond donors (Lipinski definition) is 7. The Bertz CT molecular complexity index is 2840. The fourth-order valence-corrected chi connectivity index (χ4v) is 14.0. The van der Waals surface area contributed by atoms with Crippen LogP contribution in [0, 0.1) is 53.3 Å². The first-order valence-corrected chi connectivity index (χ1v) is 40.1. The van der Waals surface area contributed by atoms with Crippen LogP contribution in [-0.4, -0.2) is 256 Å². The molecule has 8 N–H and O–H groups in total.